The van der Waals surface area contributed by atoms with Gasteiger partial charge in [-0.3, -0.25) is 4.79 Å². The molecule has 2 heterocycles. The van der Waals surface area contributed by atoms with E-state index in [-0.39, 0.29) is 5.91 Å². The molecular weight excluding hydrogens is 412 g/mol. The van der Waals surface area contributed by atoms with Crippen LogP contribution in [0.3, 0.4) is 0 Å². The number of nitrogens with zero attached hydrogens (tertiary/aromatic N) is 3. The van der Waals surface area contributed by atoms with Gasteiger partial charge in [0.25, 0.3) is 5.91 Å². The third-order valence-electron chi connectivity index (χ3n) is 6.07. The summed E-state index contributed by atoms with van der Waals surface area (Å²) in [6.07, 6.45) is 1.69. The van der Waals surface area contributed by atoms with Crippen LogP contribution in [-0.4, -0.2) is 49.1 Å². The maximum atomic E-state index is 13.5. The highest BCUT2D eigenvalue weighted by atomic mass is 16.5. The highest BCUT2D eigenvalue weighted by molar-refractivity contribution is 6.09. The lowest BCUT2D eigenvalue weighted by Crippen LogP contribution is -2.48. The Hall–Kier alpha value is -4.06. The highest BCUT2D eigenvalue weighted by Crippen LogP contribution is 2.31. The van der Waals surface area contributed by atoms with Crippen LogP contribution in [0.2, 0.25) is 0 Å². The van der Waals surface area contributed by atoms with Crippen molar-refractivity contribution in [3.8, 4) is 5.75 Å². The number of carbonyl (C=O) groups excluding carboxylic acids is 1. The number of pyridine rings is 1. The Labute approximate surface area is 193 Å². The van der Waals surface area contributed by atoms with Gasteiger partial charge in [-0.25, -0.2) is 4.98 Å². The number of nitrogens with one attached hydrogen (secondary N) is 1. The third kappa shape index (κ3) is 4.20. The van der Waals surface area contributed by atoms with Crippen LogP contribution in [0.5, 0.6) is 5.75 Å². The van der Waals surface area contributed by atoms with Crippen molar-refractivity contribution in [1.29, 1.82) is 0 Å². The Morgan fingerprint density at radius 3 is 2.27 bits per heavy atom. The van der Waals surface area contributed by atoms with Crippen LogP contribution in [-0.2, 0) is 0 Å². The van der Waals surface area contributed by atoms with E-state index in [4.69, 9.17) is 4.74 Å². The second kappa shape index (κ2) is 9.20. The first-order chi connectivity index (χ1) is 16.2. The number of anilines is 3. The molecule has 0 bridgehead atoms. The zero-order valence-corrected chi connectivity index (χ0v) is 18.6. The fraction of sp³-hybridized carbons (Fsp3) is 0.185. The quantitative estimate of drug-likeness (QED) is 0.478. The molecule has 4 aromatic rings. The predicted octanol–water partition coefficient (Wildman–Crippen LogP) is 4.95. The Morgan fingerprint density at radius 1 is 0.848 bits per heavy atom. The molecule has 0 unspecified atom stereocenters. The summed E-state index contributed by atoms with van der Waals surface area (Å²) in [5, 5.41) is 5.16. The second-order valence-corrected chi connectivity index (χ2v) is 8.01. The van der Waals surface area contributed by atoms with Crippen molar-refractivity contribution in [2.45, 2.75) is 0 Å². The molecule has 1 aromatic heterocycles. The van der Waals surface area contributed by atoms with Gasteiger partial charge in [0.15, 0.2) is 0 Å². The van der Waals surface area contributed by atoms with E-state index in [1.165, 1.54) is 5.69 Å². The van der Waals surface area contributed by atoms with Crippen LogP contribution in [0.4, 0.5) is 17.2 Å². The van der Waals surface area contributed by atoms with Gasteiger partial charge in [0, 0.05) is 43.4 Å². The maximum absolute atomic E-state index is 13.5. The number of hydrogen-bond acceptors (Lipinski definition) is 5. The molecule has 1 aliphatic heterocycles. The Bertz CT molecular complexity index is 1270. The fourth-order valence-electron chi connectivity index (χ4n) is 4.32. The number of para-hydroxylation sites is 3. The van der Waals surface area contributed by atoms with Gasteiger partial charge >= 0.3 is 0 Å². The third-order valence-corrected chi connectivity index (χ3v) is 6.07. The molecule has 6 nitrogen and oxygen atoms in total. The van der Waals surface area contributed by atoms with Crippen LogP contribution < -0.4 is 15.0 Å². The highest BCUT2D eigenvalue weighted by Gasteiger charge is 2.24. The first kappa shape index (κ1) is 20.8. The lowest BCUT2D eigenvalue weighted by atomic mass is 10.1. The smallest absolute Gasteiger partial charge is 0.256 e. The lowest BCUT2D eigenvalue weighted by molar-refractivity contribution is 0.0748. The second-order valence-electron chi connectivity index (χ2n) is 8.01. The van der Waals surface area contributed by atoms with Crippen molar-refractivity contribution >= 4 is 33.9 Å². The number of ether oxygens (including phenoxy) is 1. The number of fused-ring (bicyclic) bond motifs is 1. The van der Waals surface area contributed by atoms with E-state index in [0.717, 1.165) is 35.3 Å². The Morgan fingerprint density at radius 2 is 1.52 bits per heavy atom. The molecule has 1 amide bonds. The number of piperazine rings is 1. The minimum Gasteiger partial charge on any atom is -0.495 e. The monoisotopic (exact) mass is 438 g/mol. The van der Waals surface area contributed by atoms with Crippen molar-refractivity contribution in [1.82, 2.24) is 9.88 Å². The first-order valence-corrected chi connectivity index (χ1v) is 11.1. The standard InChI is InChI=1S/C27H26N4O2/c1-33-25-14-8-7-13-24(25)29-26-22-12-6-5-11-21(22)23(19-28-26)27(32)31-17-15-30(16-18-31)20-9-3-2-4-10-20/h2-14,19H,15-18H2,1H3,(H,28,29). The number of hydrogen-bond donors (Lipinski definition) is 1. The maximum Gasteiger partial charge on any atom is 0.256 e. The number of amides is 1. The zero-order chi connectivity index (χ0) is 22.6. The molecular formula is C27H26N4O2. The Balaban J connectivity index is 1.39. The molecule has 0 radical (unpaired) electrons. The molecule has 1 saturated heterocycles. The number of carbonyl (C=O) groups is 1. The molecule has 166 valence electrons. The van der Waals surface area contributed by atoms with Gasteiger partial charge in [-0.2, -0.15) is 0 Å². The molecule has 5 rings (SSSR count). The van der Waals surface area contributed by atoms with E-state index < -0.39 is 0 Å². The van der Waals surface area contributed by atoms with Crippen molar-refractivity contribution in [3.63, 3.8) is 0 Å². The predicted molar refractivity (Wildman–Crippen MR) is 133 cm³/mol. The molecule has 1 N–H and O–H groups in total. The molecule has 0 aliphatic carbocycles. The average Bonchev–Trinajstić information content (AvgIpc) is 2.89. The van der Waals surface area contributed by atoms with Gasteiger partial charge in [-0.1, -0.05) is 54.6 Å². The zero-order valence-electron chi connectivity index (χ0n) is 18.6. The first-order valence-electron chi connectivity index (χ1n) is 11.1. The van der Waals surface area contributed by atoms with Crippen LogP contribution in [0.1, 0.15) is 10.4 Å². The minimum absolute atomic E-state index is 0.0234. The number of rotatable bonds is 5. The summed E-state index contributed by atoms with van der Waals surface area (Å²) < 4.78 is 5.46. The minimum atomic E-state index is 0.0234. The van der Waals surface area contributed by atoms with Crippen molar-refractivity contribution in [2.75, 3.05) is 43.5 Å². The largest absolute Gasteiger partial charge is 0.495 e. The van der Waals surface area contributed by atoms with Gasteiger partial charge < -0.3 is 19.9 Å². The Kier molecular flexibility index (Phi) is 5.81. The van der Waals surface area contributed by atoms with Crippen LogP contribution in [0.15, 0.2) is 85.1 Å². The van der Waals surface area contributed by atoms with Gasteiger partial charge in [-0.05, 0) is 29.7 Å². The molecule has 33 heavy (non-hydrogen) atoms. The number of methoxy groups -OCH3 is 1. The average molecular weight is 439 g/mol. The summed E-state index contributed by atoms with van der Waals surface area (Å²) in [4.78, 5) is 22.3. The van der Waals surface area contributed by atoms with E-state index in [1.807, 2.05) is 71.6 Å². The van der Waals surface area contributed by atoms with Crippen LogP contribution >= 0.6 is 0 Å². The van der Waals surface area contributed by atoms with Crippen molar-refractivity contribution < 1.29 is 9.53 Å². The summed E-state index contributed by atoms with van der Waals surface area (Å²) in [6, 6.07) is 26.0. The molecule has 0 saturated carbocycles. The van der Waals surface area contributed by atoms with Crippen LogP contribution in [0, 0.1) is 0 Å². The lowest BCUT2D eigenvalue weighted by Gasteiger charge is -2.36. The van der Waals surface area contributed by atoms with Gasteiger partial charge in [0.2, 0.25) is 0 Å². The van der Waals surface area contributed by atoms with E-state index in [2.05, 4.69) is 27.3 Å². The molecule has 1 fully saturated rings. The number of benzene rings is 3. The van der Waals surface area contributed by atoms with Crippen LogP contribution in [0.25, 0.3) is 10.8 Å². The summed E-state index contributed by atoms with van der Waals surface area (Å²) in [5.74, 6) is 1.45. The van der Waals surface area contributed by atoms with E-state index in [9.17, 15) is 4.79 Å². The van der Waals surface area contributed by atoms with E-state index >= 15 is 0 Å². The summed E-state index contributed by atoms with van der Waals surface area (Å²) in [6.45, 7) is 3.00. The van der Waals surface area contributed by atoms with Gasteiger partial charge in [0.05, 0.1) is 18.4 Å². The topological polar surface area (TPSA) is 57.7 Å². The molecule has 6 heteroatoms. The molecule has 0 atom stereocenters. The van der Waals surface area contributed by atoms with Gasteiger partial charge in [-0.15, -0.1) is 0 Å². The SMILES string of the molecule is COc1ccccc1Nc1ncc(C(=O)N2CCN(c3ccccc3)CC2)c2ccccc12. The summed E-state index contributed by atoms with van der Waals surface area (Å²) in [5.41, 5.74) is 2.65. The van der Waals surface area contributed by atoms with Crippen molar-refractivity contribution in [3.05, 3.63) is 90.6 Å². The normalized spacial score (nSPS) is 13.7. The molecule has 0 spiro atoms. The van der Waals surface area contributed by atoms with Crippen molar-refractivity contribution in [2.24, 2.45) is 0 Å². The fourth-order valence-corrected chi connectivity index (χ4v) is 4.32. The summed E-state index contributed by atoms with van der Waals surface area (Å²) >= 11 is 0. The molecule has 1 aliphatic rings. The number of aromatic nitrogens is 1. The summed E-state index contributed by atoms with van der Waals surface area (Å²) in [7, 11) is 1.64. The van der Waals surface area contributed by atoms with Gasteiger partial charge in [0.1, 0.15) is 11.6 Å². The van der Waals surface area contributed by atoms with E-state index in [1.54, 1.807) is 13.3 Å². The molecule has 3 aromatic carbocycles. The van der Waals surface area contributed by atoms with E-state index in [0.29, 0.717) is 24.5 Å².